The van der Waals surface area contributed by atoms with Gasteiger partial charge in [-0.1, -0.05) is 87.5 Å². The predicted molar refractivity (Wildman–Crippen MR) is 208 cm³/mol. The van der Waals surface area contributed by atoms with E-state index in [-0.39, 0.29) is 5.41 Å². The first-order valence-corrected chi connectivity index (χ1v) is 17.5. The first-order valence-electron chi connectivity index (χ1n) is 17.5. The smallest absolute Gasteiger partial charge is 0.269 e. The predicted octanol–water partition coefficient (Wildman–Crippen LogP) is 11.2. The number of hydrogen-bond donors (Lipinski definition) is 0. The Morgan fingerprint density at radius 3 is 2.25 bits per heavy atom. The molecule has 4 aromatic heterocycles. The molecule has 6 heteroatoms. The standard InChI is InChI=1S/C46H34N4O2/c1-46(2,3)30-23-24-47-45(25-30)50-39-15-6-4-13-35(39)36-21-20-34(28-42(36)50)51-33-12-10-11-31(26-33)48-29-49(41-17-8-7-16-40(41)48)32-19-22-44-38(27-32)37-14-5-9-18-43(37)52-44/h4-28H,1-3H3. The number of aromatic nitrogens is 4. The number of ether oxygens (including phenoxy) is 1. The van der Waals surface area contributed by atoms with Gasteiger partial charge in [0.15, 0.2) is 0 Å². The maximum Gasteiger partial charge on any atom is 0.269 e. The van der Waals surface area contributed by atoms with Crippen LogP contribution in [0.15, 0.2) is 156 Å². The molecule has 0 atom stereocenters. The second-order valence-corrected chi connectivity index (χ2v) is 14.3. The molecule has 250 valence electrons. The molecule has 0 fully saturated rings. The molecule has 6 aromatic carbocycles. The van der Waals surface area contributed by atoms with Crippen molar-refractivity contribution in [2.45, 2.75) is 26.2 Å². The fourth-order valence-electron chi connectivity index (χ4n) is 7.39. The lowest BCUT2D eigenvalue weighted by molar-refractivity contribution is -0.572. The van der Waals surface area contributed by atoms with Gasteiger partial charge >= 0.3 is 0 Å². The summed E-state index contributed by atoms with van der Waals surface area (Å²) in [5.41, 5.74) is 9.17. The highest BCUT2D eigenvalue weighted by Gasteiger charge is 2.19. The fraction of sp³-hybridized carbons (Fsp3) is 0.0870. The normalized spacial score (nSPS) is 12.1. The van der Waals surface area contributed by atoms with Gasteiger partial charge in [0.25, 0.3) is 6.33 Å². The molecule has 0 bridgehead atoms. The van der Waals surface area contributed by atoms with Crippen LogP contribution < -0.4 is 9.30 Å². The Bertz CT molecular complexity index is 2990. The molecule has 10 rings (SSSR count). The Morgan fingerprint density at radius 2 is 1.37 bits per heavy atom. The molecule has 0 aliphatic carbocycles. The monoisotopic (exact) mass is 674 g/mol. The Kier molecular flexibility index (Phi) is 6.64. The molecule has 0 N–H and O–H groups in total. The molecule has 0 unspecified atom stereocenters. The zero-order valence-electron chi connectivity index (χ0n) is 29.0. The third kappa shape index (κ3) is 4.87. The van der Waals surface area contributed by atoms with Gasteiger partial charge in [-0.15, -0.1) is 0 Å². The second-order valence-electron chi connectivity index (χ2n) is 14.3. The number of benzene rings is 6. The Balaban J connectivity index is 1.05. The molecule has 6 nitrogen and oxygen atoms in total. The van der Waals surface area contributed by atoms with E-state index in [1.807, 2.05) is 48.7 Å². The summed E-state index contributed by atoms with van der Waals surface area (Å²) in [4.78, 5) is 4.84. The SMILES string of the molecule is CC(C)(C)c1ccnc(-n2c3ccccc3c3ccc(Oc4cccc(-n5[c-][n+](-c6ccc7oc8ccccc8c7c6)c6ccccc65)c4)cc32)c1. The number of furan rings is 1. The number of hydrogen-bond acceptors (Lipinski definition) is 3. The molecule has 0 aliphatic heterocycles. The topological polar surface area (TPSA) is 49.0 Å². The largest absolute Gasteiger partial charge is 0.458 e. The van der Waals surface area contributed by atoms with Crippen LogP contribution in [0.3, 0.4) is 0 Å². The molecule has 0 amide bonds. The van der Waals surface area contributed by atoms with Crippen LogP contribution in [0, 0.1) is 6.33 Å². The maximum absolute atomic E-state index is 6.62. The average Bonchev–Trinajstić information content (AvgIpc) is 3.84. The number of nitrogens with zero attached hydrogens (tertiary/aromatic N) is 4. The van der Waals surface area contributed by atoms with E-state index >= 15 is 0 Å². The number of fused-ring (bicyclic) bond motifs is 7. The number of pyridine rings is 1. The van der Waals surface area contributed by atoms with Crippen LogP contribution in [0.1, 0.15) is 26.3 Å². The molecule has 4 heterocycles. The van der Waals surface area contributed by atoms with Crippen molar-refractivity contribution in [1.29, 1.82) is 0 Å². The van der Waals surface area contributed by atoms with Crippen molar-refractivity contribution < 1.29 is 13.7 Å². The highest BCUT2D eigenvalue weighted by molar-refractivity contribution is 6.09. The first kappa shape index (κ1) is 30.2. The van der Waals surface area contributed by atoms with Crippen molar-refractivity contribution in [1.82, 2.24) is 14.1 Å². The lowest BCUT2D eigenvalue weighted by atomic mass is 9.88. The van der Waals surface area contributed by atoms with Crippen molar-refractivity contribution in [2.75, 3.05) is 0 Å². The Hall–Kier alpha value is -6.66. The van der Waals surface area contributed by atoms with Crippen LogP contribution in [-0.2, 0) is 5.41 Å². The van der Waals surface area contributed by atoms with E-state index in [1.54, 1.807) is 0 Å². The van der Waals surface area contributed by atoms with Gasteiger partial charge in [-0.3, -0.25) is 13.7 Å². The van der Waals surface area contributed by atoms with Crippen molar-refractivity contribution in [3.8, 4) is 28.7 Å². The van der Waals surface area contributed by atoms with Gasteiger partial charge in [-0.25, -0.2) is 4.98 Å². The lowest BCUT2D eigenvalue weighted by Crippen LogP contribution is -2.29. The lowest BCUT2D eigenvalue weighted by Gasteiger charge is -2.20. The van der Waals surface area contributed by atoms with Crippen LogP contribution in [-0.4, -0.2) is 14.1 Å². The number of rotatable bonds is 5. The van der Waals surface area contributed by atoms with Gasteiger partial charge in [0, 0.05) is 33.8 Å². The van der Waals surface area contributed by atoms with Crippen LogP contribution >= 0.6 is 0 Å². The zero-order valence-corrected chi connectivity index (χ0v) is 29.0. The quantitative estimate of drug-likeness (QED) is 0.135. The van der Waals surface area contributed by atoms with Gasteiger partial charge in [0.05, 0.1) is 33.4 Å². The van der Waals surface area contributed by atoms with Crippen molar-refractivity contribution >= 4 is 54.8 Å². The molecule has 0 saturated heterocycles. The van der Waals surface area contributed by atoms with Gasteiger partial charge in [-0.2, -0.15) is 0 Å². The van der Waals surface area contributed by atoms with Crippen LogP contribution in [0.25, 0.3) is 72.0 Å². The van der Waals surface area contributed by atoms with E-state index in [0.717, 1.165) is 78.1 Å². The van der Waals surface area contributed by atoms with Gasteiger partial charge in [0.1, 0.15) is 28.5 Å². The molecule has 0 radical (unpaired) electrons. The molecular formula is C46H34N4O2. The summed E-state index contributed by atoms with van der Waals surface area (Å²) >= 11 is 0. The van der Waals surface area contributed by atoms with Crippen LogP contribution in [0.2, 0.25) is 0 Å². The van der Waals surface area contributed by atoms with E-state index in [4.69, 9.17) is 14.1 Å². The summed E-state index contributed by atoms with van der Waals surface area (Å²) in [5.74, 6) is 2.37. The van der Waals surface area contributed by atoms with E-state index in [1.165, 1.54) is 10.9 Å². The molecule has 0 saturated carbocycles. The molecule has 0 spiro atoms. The van der Waals surface area contributed by atoms with Gasteiger partial charge < -0.3 is 9.15 Å². The highest BCUT2D eigenvalue weighted by Crippen LogP contribution is 2.36. The van der Waals surface area contributed by atoms with E-state index in [9.17, 15) is 0 Å². The Morgan fingerprint density at radius 1 is 0.615 bits per heavy atom. The molecule has 10 aromatic rings. The number of para-hydroxylation sites is 4. The average molecular weight is 675 g/mol. The van der Waals surface area contributed by atoms with Crippen molar-refractivity contribution in [3.63, 3.8) is 0 Å². The summed E-state index contributed by atoms with van der Waals surface area (Å²) in [6.45, 7) is 6.69. The maximum atomic E-state index is 6.62. The van der Waals surface area contributed by atoms with Crippen LogP contribution in [0.4, 0.5) is 0 Å². The minimum Gasteiger partial charge on any atom is -0.458 e. The molecular weight excluding hydrogens is 641 g/mol. The minimum atomic E-state index is -0.000217. The minimum absolute atomic E-state index is 0.000217. The Labute approximate surface area is 300 Å². The zero-order chi connectivity index (χ0) is 35.0. The van der Waals surface area contributed by atoms with E-state index in [0.29, 0.717) is 0 Å². The highest BCUT2D eigenvalue weighted by atomic mass is 16.5. The van der Waals surface area contributed by atoms with Gasteiger partial charge in [-0.05, 0) is 83.8 Å². The molecule has 52 heavy (non-hydrogen) atoms. The number of imidazole rings is 1. The summed E-state index contributed by atoms with van der Waals surface area (Å²) in [5, 5.41) is 4.51. The van der Waals surface area contributed by atoms with E-state index in [2.05, 4.69) is 144 Å². The third-order valence-corrected chi connectivity index (χ3v) is 9.98. The molecule has 0 aliphatic rings. The summed E-state index contributed by atoms with van der Waals surface area (Å²) in [7, 11) is 0. The summed E-state index contributed by atoms with van der Waals surface area (Å²) in [6.07, 6.45) is 5.54. The third-order valence-electron chi connectivity index (χ3n) is 9.98. The van der Waals surface area contributed by atoms with Crippen LogP contribution in [0.5, 0.6) is 11.5 Å². The summed E-state index contributed by atoms with van der Waals surface area (Å²) < 4.78 is 19.2. The second kappa shape index (κ2) is 11.4. The summed E-state index contributed by atoms with van der Waals surface area (Å²) in [6, 6.07) is 50.1. The van der Waals surface area contributed by atoms with Crippen molar-refractivity contribution in [3.05, 3.63) is 164 Å². The van der Waals surface area contributed by atoms with Crippen molar-refractivity contribution in [2.24, 2.45) is 0 Å². The van der Waals surface area contributed by atoms with E-state index < -0.39 is 0 Å². The van der Waals surface area contributed by atoms with Gasteiger partial charge in [0.2, 0.25) is 0 Å². The fourth-order valence-corrected chi connectivity index (χ4v) is 7.39. The first-order chi connectivity index (χ1) is 25.4.